The number of rotatable bonds is 2. The Morgan fingerprint density at radius 1 is 1.11 bits per heavy atom. The lowest BCUT2D eigenvalue weighted by atomic mass is 9.76. The van der Waals surface area contributed by atoms with Crippen LogP contribution in [-0.2, 0) is 13.0 Å². The van der Waals surface area contributed by atoms with Crippen molar-refractivity contribution in [2.75, 3.05) is 6.54 Å². The number of benzene rings is 1. The molecule has 0 aromatic heterocycles. The SMILES string of the molecule is CC(C)c1cc2c3c(c1)CN(C1CC1)CC3CCC2. The number of hydrogen-bond acceptors (Lipinski definition) is 1. The van der Waals surface area contributed by atoms with E-state index in [4.69, 9.17) is 0 Å². The molecule has 0 N–H and O–H groups in total. The second-order valence-corrected chi connectivity index (χ2v) is 7.16. The molecule has 0 saturated heterocycles. The van der Waals surface area contributed by atoms with Crippen molar-refractivity contribution in [1.29, 1.82) is 0 Å². The second kappa shape index (κ2) is 4.34. The van der Waals surface area contributed by atoms with Gasteiger partial charge in [-0.1, -0.05) is 26.0 Å². The van der Waals surface area contributed by atoms with Crippen LogP contribution in [0.3, 0.4) is 0 Å². The predicted molar refractivity (Wildman–Crippen MR) is 79.6 cm³/mol. The van der Waals surface area contributed by atoms with Crippen LogP contribution < -0.4 is 0 Å². The van der Waals surface area contributed by atoms with E-state index >= 15 is 0 Å². The first-order valence-electron chi connectivity index (χ1n) is 8.12. The highest BCUT2D eigenvalue weighted by Gasteiger charge is 2.36. The molecule has 0 amide bonds. The molecule has 1 aliphatic heterocycles. The number of nitrogens with zero attached hydrogens (tertiary/aromatic N) is 1. The van der Waals surface area contributed by atoms with Crippen LogP contribution in [0.1, 0.15) is 73.6 Å². The minimum atomic E-state index is 0.665. The Kier molecular flexibility index (Phi) is 2.73. The number of hydrogen-bond donors (Lipinski definition) is 0. The lowest BCUT2D eigenvalue weighted by Crippen LogP contribution is -2.37. The van der Waals surface area contributed by atoms with Crippen molar-refractivity contribution < 1.29 is 0 Å². The Balaban J connectivity index is 1.78. The van der Waals surface area contributed by atoms with Crippen LogP contribution in [0.5, 0.6) is 0 Å². The largest absolute Gasteiger partial charge is 0.296 e. The lowest BCUT2D eigenvalue weighted by molar-refractivity contribution is 0.210. The molecular weight excluding hydrogens is 230 g/mol. The van der Waals surface area contributed by atoms with Crippen molar-refractivity contribution in [1.82, 2.24) is 4.90 Å². The summed E-state index contributed by atoms with van der Waals surface area (Å²) in [5.41, 5.74) is 6.68. The molecule has 2 aliphatic carbocycles. The molecule has 1 aromatic rings. The standard InChI is InChI=1S/C18H25N/c1-12(2)15-8-13-4-3-5-14-10-19(17-6-7-17)11-16(9-15)18(13)14/h8-9,12,14,17H,3-7,10-11H2,1-2H3. The average molecular weight is 255 g/mol. The molecule has 1 heteroatoms. The van der Waals surface area contributed by atoms with E-state index < -0.39 is 0 Å². The van der Waals surface area contributed by atoms with E-state index in [9.17, 15) is 0 Å². The summed E-state index contributed by atoms with van der Waals surface area (Å²) in [5, 5.41) is 0. The first kappa shape index (κ1) is 12.0. The molecule has 0 spiro atoms. The molecule has 1 atom stereocenters. The van der Waals surface area contributed by atoms with Gasteiger partial charge in [0.05, 0.1) is 0 Å². The van der Waals surface area contributed by atoms with Gasteiger partial charge in [-0.15, -0.1) is 0 Å². The van der Waals surface area contributed by atoms with Gasteiger partial charge < -0.3 is 0 Å². The van der Waals surface area contributed by atoms with Crippen molar-refractivity contribution >= 4 is 0 Å². The molecule has 0 radical (unpaired) electrons. The fourth-order valence-corrected chi connectivity index (χ4v) is 4.15. The van der Waals surface area contributed by atoms with Crippen molar-refractivity contribution in [3.05, 3.63) is 34.4 Å². The molecule has 1 aromatic carbocycles. The van der Waals surface area contributed by atoms with Gasteiger partial charge in [-0.25, -0.2) is 0 Å². The van der Waals surface area contributed by atoms with E-state index in [1.54, 1.807) is 22.3 Å². The second-order valence-electron chi connectivity index (χ2n) is 7.16. The van der Waals surface area contributed by atoms with Crippen LogP contribution in [0.2, 0.25) is 0 Å². The summed E-state index contributed by atoms with van der Waals surface area (Å²) in [5.74, 6) is 1.51. The molecule has 0 bridgehead atoms. The Bertz CT molecular complexity index is 499. The topological polar surface area (TPSA) is 3.24 Å². The predicted octanol–water partition coefficient (Wildman–Crippen LogP) is 4.21. The summed E-state index contributed by atoms with van der Waals surface area (Å²) in [4.78, 5) is 2.77. The summed E-state index contributed by atoms with van der Waals surface area (Å²) >= 11 is 0. The molecule has 102 valence electrons. The third-order valence-corrected chi connectivity index (χ3v) is 5.34. The van der Waals surface area contributed by atoms with Gasteiger partial charge in [0.15, 0.2) is 0 Å². The summed E-state index contributed by atoms with van der Waals surface area (Å²) in [7, 11) is 0. The smallest absolute Gasteiger partial charge is 0.0239 e. The zero-order valence-electron chi connectivity index (χ0n) is 12.3. The van der Waals surface area contributed by atoms with E-state index in [1.165, 1.54) is 45.2 Å². The Labute approximate surface area is 117 Å². The highest BCUT2D eigenvalue weighted by Crippen LogP contribution is 2.43. The van der Waals surface area contributed by atoms with Crippen LogP contribution in [0.25, 0.3) is 0 Å². The zero-order chi connectivity index (χ0) is 13.0. The molecule has 19 heavy (non-hydrogen) atoms. The van der Waals surface area contributed by atoms with Crippen molar-refractivity contribution in [2.24, 2.45) is 0 Å². The third kappa shape index (κ3) is 2.03. The maximum absolute atomic E-state index is 2.77. The van der Waals surface area contributed by atoms with Crippen LogP contribution in [0.15, 0.2) is 12.1 Å². The molecule has 1 fully saturated rings. The summed E-state index contributed by atoms with van der Waals surface area (Å²) in [6, 6.07) is 5.96. The van der Waals surface area contributed by atoms with E-state index in [0.29, 0.717) is 5.92 Å². The van der Waals surface area contributed by atoms with E-state index in [1.807, 2.05) is 0 Å². The van der Waals surface area contributed by atoms with Gasteiger partial charge in [-0.05, 0) is 66.2 Å². The van der Waals surface area contributed by atoms with Crippen LogP contribution in [0.4, 0.5) is 0 Å². The Morgan fingerprint density at radius 3 is 2.63 bits per heavy atom. The zero-order valence-corrected chi connectivity index (χ0v) is 12.3. The monoisotopic (exact) mass is 255 g/mol. The first-order valence-corrected chi connectivity index (χ1v) is 8.12. The van der Waals surface area contributed by atoms with Gasteiger partial charge in [-0.3, -0.25) is 4.90 Å². The number of aryl methyl sites for hydroxylation is 1. The van der Waals surface area contributed by atoms with E-state index in [0.717, 1.165) is 12.0 Å². The highest BCUT2D eigenvalue weighted by atomic mass is 15.2. The van der Waals surface area contributed by atoms with Crippen molar-refractivity contribution in [3.8, 4) is 0 Å². The summed E-state index contributed by atoms with van der Waals surface area (Å²) < 4.78 is 0. The van der Waals surface area contributed by atoms with Crippen LogP contribution in [-0.4, -0.2) is 17.5 Å². The van der Waals surface area contributed by atoms with Gasteiger partial charge in [0, 0.05) is 19.1 Å². The van der Waals surface area contributed by atoms with Crippen LogP contribution in [0, 0.1) is 0 Å². The van der Waals surface area contributed by atoms with Gasteiger partial charge >= 0.3 is 0 Å². The molecule has 4 rings (SSSR count). The minimum absolute atomic E-state index is 0.665. The van der Waals surface area contributed by atoms with Gasteiger partial charge in [-0.2, -0.15) is 0 Å². The van der Waals surface area contributed by atoms with Gasteiger partial charge in [0.1, 0.15) is 0 Å². The van der Waals surface area contributed by atoms with Gasteiger partial charge in [0.25, 0.3) is 0 Å². The quantitative estimate of drug-likeness (QED) is 0.765. The normalized spacial score (nSPS) is 26.6. The third-order valence-electron chi connectivity index (χ3n) is 5.34. The Morgan fingerprint density at radius 2 is 1.89 bits per heavy atom. The fourth-order valence-electron chi connectivity index (χ4n) is 4.15. The summed E-state index contributed by atoms with van der Waals surface area (Å²) in [6.45, 7) is 7.22. The minimum Gasteiger partial charge on any atom is -0.296 e. The average Bonchev–Trinajstić information content (AvgIpc) is 3.22. The Hall–Kier alpha value is -0.820. The van der Waals surface area contributed by atoms with Crippen LogP contribution >= 0.6 is 0 Å². The first-order chi connectivity index (χ1) is 9.22. The summed E-state index contributed by atoms with van der Waals surface area (Å²) in [6.07, 6.45) is 7.03. The molecule has 1 saturated carbocycles. The van der Waals surface area contributed by atoms with E-state index in [-0.39, 0.29) is 0 Å². The van der Waals surface area contributed by atoms with Crippen molar-refractivity contribution in [3.63, 3.8) is 0 Å². The van der Waals surface area contributed by atoms with Gasteiger partial charge in [0.2, 0.25) is 0 Å². The maximum atomic E-state index is 2.77. The molecule has 1 nitrogen and oxygen atoms in total. The maximum Gasteiger partial charge on any atom is 0.0239 e. The fraction of sp³-hybridized carbons (Fsp3) is 0.667. The highest BCUT2D eigenvalue weighted by molar-refractivity contribution is 5.45. The molecule has 1 unspecified atom stereocenters. The van der Waals surface area contributed by atoms with Crippen molar-refractivity contribution in [2.45, 2.75) is 70.4 Å². The lowest BCUT2D eigenvalue weighted by Gasteiger charge is -2.39. The van der Waals surface area contributed by atoms with E-state index in [2.05, 4.69) is 30.9 Å². The molecule has 3 aliphatic rings. The molecular formula is C18H25N. The molecule has 1 heterocycles.